The van der Waals surface area contributed by atoms with E-state index in [0.717, 1.165) is 13.0 Å². The highest BCUT2D eigenvalue weighted by atomic mass is 16.3. The summed E-state index contributed by atoms with van der Waals surface area (Å²) in [6.07, 6.45) is 2.04. The zero-order valence-corrected chi connectivity index (χ0v) is 8.98. The fourth-order valence-corrected chi connectivity index (χ4v) is 1.18. The largest absolute Gasteiger partial charge is 0.395 e. The molecule has 0 atom stereocenters. The molecule has 0 aliphatic carbocycles. The van der Waals surface area contributed by atoms with Crippen LogP contribution in [0.25, 0.3) is 0 Å². The summed E-state index contributed by atoms with van der Waals surface area (Å²) in [5.74, 6) is -0.161. The van der Waals surface area contributed by atoms with E-state index in [2.05, 4.69) is 11.9 Å². The number of aliphatic hydroxyl groups is 2. The second kappa shape index (κ2) is 9.64. The van der Waals surface area contributed by atoms with Gasteiger partial charge in [-0.1, -0.05) is 6.58 Å². The van der Waals surface area contributed by atoms with Gasteiger partial charge in [-0.3, -0.25) is 4.79 Å². The maximum absolute atomic E-state index is 11.3. The Hall–Kier alpha value is -0.910. The number of aliphatic hydroxyl groups excluding tert-OH is 2. The summed E-state index contributed by atoms with van der Waals surface area (Å²) in [5, 5.41) is 20.3. The molecule has 0 saturated carbocycles. The number of carbonyl (C=O) groups excluding carboxylic acids is 1. The van der Waals surface area contributed by atoms with Crippen LogP contribution in [0.2, 0.25) is 0 Å². The first-order valence-electron chi connectivity index (χ1n) is 5.10. The molecule has 0 aliphatic heterocycles. The van der Waals surface area contributed by atoms with Gasteiger partial charge in [0.2, 0.25) is 5.91 Å². The summed E-state index contributed by atoms with van der Waals surface area (Å²) < 4.78 is 0. The molecule has 0 unspecified atom stereocenters. The molecule has 0 aromatic rings. The van der Waals surface area contributed by atoms with E-state index < -0.39 is 0 Å². The van der Waals surface area contributed by atoms with Crippen LogP contribution < -0.4 is 5.32 Å². The number of carbonyl (C=O) groups is 1. The van der Waals surface area contributed by atoms with Gasteiger partial charge in [0.25, 0.3) is 0 Å². The molecular formula is C10H20N2O3. The lowest BCUT2D eigenvalue weighted by Crippen LogP contribution is -2.34. The fraction of sp³-hybridized carbons (Fsp3) is 0.700. The van der Waals surface area contributed by atoms with Crippen molar-refractivity contribution in [3.63, 3.8) is 0 Å². The average Bonchev–Trinajstić information content (AvgIpc) is 2.26. The third-order valence-corrected chi connectivity index (χ3v) is 1.93. The van der Waals surface area contributed by atoms with Gasteiger partial charge in [-0.05, 0) is 19.0 Å². The van der Waals surface area contributed by atoms with E-state index in [-0.39, 0.29) is 19.1 Å². The Morgan fingerprint density at radius 1 is 1.27 bits per heavy atom. The van der Waals surface area contributed by atoms with Crippen LogP contribution in [0.3, 0.4) is 0 Å². The minimum atomic E-state index is -0.161. The topological polar surface area (TPSA) is 72.8 Å². The van der Waals surface area contributed by atoms with E-state index in [0.29, 0.717) is 19.6 Å². The molecule has 0 aromatic heterocycles. The van der Waals surface area contributed by atoms with Gasteiger partial charge in [-0.25, -0.2) is 0 Å². The van der Waals surface area contributed by atoms with Crippen molar-refractivity contribution in [1.82, 2.24) is 10.2 Å². The van der Waals surface area contributed by atoms with Crippen molar-refractivity contribution >= 4 is 5.91 Å². The number of nitrogens with zero attached hydrogens (tertiary/aromatic N) is 1. The van der Waals surface area contributed by atoms with Crippen molar-refractivity contribution in [2.75, 3.05) is 39.4 Å². The van der Waals surface area contributed by atoms with Crippen molar-refractivity contribution in [2.45, 2.75) is 6.42 Å². The van der Waals surface area contributed by atoms with E-state index >= 15 is 0 Å². The van der Waals surface area contributed by atoms with Gasteiger partial charge in [0.15, 0.2) is 0 Å². The van der Waals surface area contributed by atoms with Gasteiger partial charge in [0.1, 0.15) is 0 Å². The Bertz CT molecular complexity index is 186. The molecule has 0 saturated heterocycles. The Morgan fingerprint density at radius 2 is 2.00 bits per heavy atom. The SMILES string of the molecule is C=CC(=O)N(CCO)CCCNCCO. The molecule has 5 heteroatoms. The van der Waals surface area contributed by atoms with Gasteiger partial charge in [0.05, 0.1) is 13.2 Å². The normalized spacial score (nSPS) is 10.0. The van der Waals surface area contributed by atoms with E-state index in [1.165, 1.54) is 6.08 Å². The maximum atomic E-state index is 11.3. The molecule has 5 nitrogen and oxygen atoms in total. The summed E-state index contributed by atoms with van der Waals surface area (Å²) in [6.45, 7) is 5.71. The van der Waals surface area contributed by atoms with Crippen LogP contribution in [-0.2, 0) is 4.79 Å². The van der Waals surface area contributed by atoms with Gasteiger partial charge in [-0.15, -0.1) is 0 Å². The van der Waals surface area contributed by atoms with Crippen molar-refractivity contribution < 1.29 is 15.0 Å². The highest BCUT2D eigenvalue weighted by Crippen LogP contribution is 1.92. The lowest BCUT2D eigenvalue weighted by Gasteiger charge is -2.19. The molecule has 0 spiro atoms. The molecule has 3 N–H and O–H groups in total. The molecule has 0 fully saturated rings. The van der Waals surface area contributed by atoms with Crippen molar-refractivity contribution in [3.05, 3.63) is 12.7 Å². The molecule has 0 aromatic carbocycles. The van der Waals surface area contributed by atoms with E-state index in [9.17, 15) is 4.79 Å². The predicted octanol–water partition coefficient (Wildman–Crippen LogP) is -1.03. The minimum absolute atomic E-state index is 0.0380. The summed E-state index contributed by atoms with van der Waals surface area (Å²) in [6, 6.07) is 0. The monoisotopic (exact) mass is 216 g/mol. The van der Waals surface area contributed by atoms with Gasteiger partial charge in [0, 0.05) is 19.6 Å². The van der Waals surface area contributed by atoms with Gasteiger partial charge < -0.3 is 20.4 Å². The Morgan fingerprint density at radius 3 is 2.53 bits per heavy atom. The van der Waals surface area contributed by atoms with E-state index in [1.807, 2.05) is 0 Å². The van der Waals surface area contributed by atoms with Crippen molar-refractivity contribution in [3.8, 4) is 0 Å². The van der Waals surface area contributed by atoms with Crippen LogP contribution in [0.1, 0.15) is 6.42 Å². The number of amides is 1. The lowest BCUT2D eigenvalue weighted by atomic mass is 10.3. The Kier molecular flexibility index (Phi) is 9.05. The molecule has 0 rings (SSSR count). The second-order valence-corrected chi connectivity index (χ2v) is 3.08. The van der Waals surface area contributed by atoms with E-state index in [4.69, 9.17) is 10.2 Å². The number of nitrogens with one attached hydrogen (secondary N) is 1. The molecule has 15 heavy (non-hydrogen) atoms. The zero-order valence-electron chi connectivity index (χ0n) is 8.98. The first-order chi connectivity index (χ1) is 7.26. The highest BCUT2D eigenvalue weighted by molar-refractivity contribution is 5.86. The van der Waals surface area contributed by atoms with Crippen LogP contribution >= 0.6 is 0 Å². The van der Waals surface area contributed by atoms with Crippen LogP contribution in [0.4, 0.5) is 0 Å². The fourth-order valence-electron chi connectivity index (χ4n) is 1.18. The predicted molar refractivity (Wildman–Crippen MR) is 58.4 cm³/mol. The molecule has 0 bridgehead atoms. The lowest BCUT2D eigenvalue weighted by molar-refractivity contribution is -0.126. The first kappa shape index (κ1) is 14.1. The molecule has 1 amide bonds. The van der Waals surface area contributed by atoms with Gasteiger partial charge >= 0.3 is 0 Å². The minimum Gasteiger partial charge on any atom is -0.395 e. The highest BCUT2D eigenvalue weighted by Gasteiger charge is 2.07. The maximum Gasteiger partial charge on any atom is 0.246 e. The molecule has 0 heterocycles. The Balaban J connectivity index is 3.66. The quantitative estimate of drug-likeness (QED) is 0.340. The molecule has 0 radical (unpaired) electrons. The first-order valence-corrected chi connectivity index (χ1v) is 5.10. The van der Waals surface area contributed by atoms with Crippen LogP contribution in [0.15, 0.2) is 12.7 Å². The smallest absolute Gasteiger partial charge is 0.246 e. The third kappa shape index (κ3) is 7.07. The number of hydrogen-bond donors (Lipinski definition) is 3. The van der Waals surface area contributed by atoms with Crippen LogP contribution in [-0.4, -0.2) is 60.4 Å². The zero-order chi connectivity index (χ0) is 11.5. The van der Waals surface area contributed by atoms with Gasteiger partial charge in [-0.2, -0.15) is 0 Å². The third-order valence-electron chi connectivity index (χ3n) is 1.93. The summed E-state index contributed by atoms with van der Waals surface area (Å²) >= 11 is 0. The van der Waals surface area contributed by atoms with Crippen LogP contribution in [0, 0.1) is 0 Å². The van der Waals surface area contributed by atoms with Crippen molar-refractivity contribution in [2.24, 2.45) is 0 Å². The standard InChI is InChI=1S/C10H20N2O3/c1-2-10(15)12(7-9-14)6-3-4-11-5-8-13/h2,11,13-14H,1,3-9H2. The Labute approximate surface area is 90.4 Å². The number of hydrogen-bond acceptors (Lipinski definition) is 4. The average molecular weight is 216 g/mol. The summed E-state index contributed by atoms with van der Waals surface area (Å²) in [5.41, 5.74) is 0. The van der Waals surface area contributed by atoms with Crippen molar-refractivity contribution in [1.29, 1.82) is 0 Å². The molecule has 0 aliphatic rings. The second-order valence-electron chi connectivity index (χ2n) is 3.08. The van der Waals surface area contributed by atoms with Crippen LogP contribution in [0.5, 0.6) is 0 Å². The molecular weight excluding hydrogens is 196 g/mol. The molecule has 88 valence electrons. The van der Waals surface area contributed by atoms with E-state index in [1.54, 1.807) is 4.90 Å². The number of rotatable bonds is 9. The summed E-state index contributed by atoms with van der Waals surface area (Å²) in [7, 11) is 0. The summed E-state index contributed by atoms with van der Waals surface area (Å²) in [4.78, 5) is 12.8.